The van der Waals surface area contributed by atoms with Crippen LogP contribution in [0.15, 0.2) is 12.3 Å². The molecule has 0 fully saturated rings. The molecule has 13 heavy (non-hydrogen) atoms. The standard InChI is InChI=1S/C10H17BrN2/c1-9(2)8-13-10(4-3-6-11)5-7-12-13/h5,7,9H,3-4,6,8H2,1-2H3. The largest absolute Gasteiger partial charge is 0.269 e. The van der Waals surface area contributed by atoms with Crippen LogP contribution in [0, 0.1) is 5.92 Å². The van der Waals surface area contributed by atoms with Gasteiger partial charge in [0, 0.05) is 23.8 Å². The number of alkyl halides is 1. The molecule has 0 aliphatic heterocycles. The lowest BCUT2D eigenvalue weighted by Gasteiger charge is -2.08. The lowest BCUT2D eigenvalue weighted by Crippen LogP contribution is -2.09. The van der Waals surface area contributed by atoms with Gasteiger partial charge in [0.1, 0.15) is 0 Å². The first kappa shape index (κ1) is 10.8. The molecule has 0 aliphatic carbocycles. The molecule has 0 radical (unpaired) electrons. The number of halogens is 1. The Morgan fingerprint density at radius 2 is 2.31 bits per heavy atom. The highest BCUT2D eigenvalue weighted by atomic mass is 79.9. The molecule has 1 heterocycles. The summed E-state index contributed by atoms with van der Waals surface area (Å²) < 4.78 is 2.12. The normalized spacial score (nSPS) is 11.1. The van der Waals surface area contributed by atoms with Crippen LogP contribution >= 0.6 is 15.9 Å². The van der Waals surface area contributed by atoms with E-state index in [1.165, 1.54) is 12.1 Å². The van der Waals surface area contributed by atoms with Crippen molar-refractivity contribution in [2.45, 2.75) is 33.2 Å². The fourth-order valence-corrected chi connectivity index (χ4v) is 1.61. The van der Waals surface area contributed by atoms with Crippen molar-refractivity contribution in [1.82, 2.24) is 9.78 Å². The van der Waals surface area contributed by atoms with Crippen LogP contribution < -0.4 is 0 Å². The molecule has 0 amide bonds. The van der Waals surface area contributed by atoms with Gasteiger partial charge in [-0.2, -0.15) is 5.10 Å². The molecular weight excluding hydrogens is 228 g/mol. The van der Waals surface area contributed by atoms with Gasteiger partial charge in [-0.25, -0.2) is 0 Å². The Morgan fingerprint density at radius 3 is 2.92 bits per heavy atom. The van der Waals surface area contributed by atoms with Gasteiger partial charge in [0.25, 0.3) is 0 Å². The van der Waals surface area contributed by atoms with Gasteiger partial charge in [-0.1, -0.05) is 29.8 Å². The predicted octanol–water partition coefficient (Wildman–Crippen LogP) is 2.87. The molecule has 1 aromatic heterocycles. The zero-order valence-corrected chi connectivity index (χ0v) is 9.92. The van der Waals surface area contributed by atoms with E-state index in [9.17, 15) is 0 Å². The van der Waals surface area contributed by atoms with Crippen molar-refractivity contribution >= 4 is 15.9 Å². The third-order valence-corrected chi connectivity index (χ3v) is 2.47. The molecule has 0 aromatic carbocycles. The lowest BCUT2D eigenvalue weighted by molar-refractivity contribution is 0.468. The molecule has 0 atom stereocenters. The topological polar surface area (TPSA) is 17.8 Å². The van der Waals surface area contributed by atoms with Crippen LogP contribution in [-0.2, 0) is 13.0 Å². The van der Waals surface area contributed by atoms with Crippen molar-refractivity contribution < 1.29 is 0 Å². The van der Waals surface area contributed by atoms with Crippen molar-refractivity contribution in [3.8, 4) is 0 Å². The van der Waals surface area contributed by atoms with E-state index in [1.54, 1.807) is 0 Å². The molecule has 0 bridgehead atoms. The second-order valence-corrected chi connectivity index (χ2v) is 4.48. The van der Waals surface area contributed by atoms with Crippen LogP contribution in [0.5, 0.6) is 0 Å². The fourth-order valence-electron chi connectivity index (χ4n) is 1.33. The number of aromatic nitrogens is 2. The summed E-state index contributed by atoms with van der Waals surface area (Å²) in [6, 6.07) is 2.12. The number of nitrogens with zero attached hydrogens (tertiary/aromatic N) is 2. The number of hydrogen-bond acceptors (Lipinski definition) is 1. The molecule has 0 aliphatic rings. The molecule has 0 unspecified atom stereocenters. The Hall–Kier alpha value is -0.310. The maximum Gasteiger partial charge on any atom is 0.0492 e. The minimum Gasteiger partial charge on any atom is -0.269 e. The molecule has 74 valence electrons. The van der Waals surface area contributed by atoms with Crippen LogP contribution in [0.3, 0.4) is 0 Å². The highest BCUT2D eigenvalue weighted by Crippen LogP contribution is 2.07. The van der Waals surface area contributed by atoms with Gasteiger partial charge >= 0.3 is 0 Å². The summed E-state index contributed by atoms with van der Waals surface area (Å²) in [5, 5.41) is 5.38. The van der Waals surface area contributed by atoms with Crippen molar-refractivity contribution in [2.75, 3.05) is 5.33 Å². The summed E-state index contributed by atoms with van der Waals surface area (Å²) in [6.45, 7) is 5.47. The van der Waals surface area contributed by atoms with E-state index in [0.29, 0.717) is 5.92 Å². The van der Waals surface area contributed by atoms with E-state index >= 15 is 0 Å². The Bertz CT molecular complexity index is 243. The Labute approximate surface area is 88.5 Å². The van der Waals surface area contributed by atoms with E-state index in [4.69, 9.17) is 0 Å². The van der Waals surface area contributed by atoms with Crippen LogP contribution in [-0.4, -0.2) is 15.1 Å². The SMILES string of the molecule is CC(C)Cn1nccc1CCCBr. The summed E-state index contributed by atoms with van der Waals surface area (Å²) >= 11 is 3.44. The summed E-state index contributed by atoms with van der Waals surface area (Å²) in [6.07, 6.45) is 4.20. The van der Waals surface area contributed by atoms with Gasteiger partial charge in [0.05, 0.1) is 0 Å². The summed E-state index contributed by atoms with van der Waals surface area (Å²) in [4.78, 5) is 0. The third-order valence-electron chi connectivity index (χ3n) is 1.91. The number of aryl methyl sites for hydroxylation is 1. The first-order valence-electron chi connectivity index (χ1n) is 4.80. The second kappa shape index (κ2) is 5.43. The van der Waals surface area contributed by atoms with E-state index in [0.717, 1.165) is 18.3 Å². The molecule has 0 saturated carbocycles. The van der Waals surface area contributed by atoms with Crippen molar-refractivity contribution in [1.29, 1.82) is 0 Å². The Kier molecular flexibility index (Phi) is 4.50. The Morgan fingerprint density at radius 1 is 1.54 bits per heavy atom. The molecule has 1 rings (SSSR count). The number of hydrogen-bond donors (Lipinski definition) is 0. The minimum atomic E-state index is 0.669. The van der Waals surface area contributed by atoms with E-state index in [-0.39, 0.29) is 0 Å². The van der Waals surface area contributed by atoms with Gasteiger partial charge in [-0.15, -0.1) is 0 Å². The van der Waals surface area contributed by atoms with E-state index < -0.39 is 0 Å². The molecule has 2 nitrogen and oxygen atoms in total. The first-order chi connectivity index (χ1) is 6.24. The predicted molar refractivity (Wildman–Crippen MR) is 59.2 cm³/mol. The van der Waals surface area contributed by atoms with Crippen molar-refractivity contribution in [3.63, 3.8) is 0 Å². The fraction of sp³-hybridized carbons (Fsp3) is 0.700. The first-order valence-corrected chi connectivity index (χ1v) is 5.93. The zero-order valence-electron chi connectivity index (χ0n) is 8.33. The second-order valence-electron chi connectivity index (χ2n) is 3.69. The number of rotatable bonds is 5. The van der Waals surface area contributed by atoms with Crippen molar-refractivity contribution in [2.24, 2.45) is 5.92 Å². The van der Waals surface area contributed by atoms with Gasteiger partial charge in [0.15, 0.2) is 0 Å². The van der Waals surface area contributed by atoms with E-state index in [1.807, 2.05) is 6.20 Å². The monoisotopic (exact) mass is 244 g/mol. The van der Waals surface area contributed by atoms with Crippen LogP contribution in [0.4, 0.5) is 0 Å². The van der Waals surface area contributed by atoms with E-state index in [2.05, 4.69) is 45.6 Å². The lowest BCUT2D eigenvalue weighted by atomic mass is 10.2. The molecule has 3 heteroatoms. The average Bonchev–Trinajstić information content (AvgIpc) is 2.48. The quantitative estimate of drug-likeness (QED) is 0.729. The van der Waals surface area contributed by atoms with Gasteiger partial charge in [-0.05, 0) is 24.8 Å². The smallest absolute Gasteiger partial charge is 0.0492 e. The maximum atomic E-state index is 4.31. The highest BCUT2D eigenvalue weighted by molar-refractivity contribution is 9.09. The Balaban J connectivity index is 2.55. The molecule has 0 spiro atoms. The van der Waals surface area contributed by atoms with Gasteiger partial charge in [0.2, 0.25) is 0 Å². The van der Waals surface area contributed by atoms with Crippen LogP contribution in [0.2, 0.25) is 0 Å². The zero-order chi connectivity index (χ0) is 9.68. The summed E-state index contributed by atoms with van der Waals surface area (Å²) in [5.74, 6) is 0.669. The van der Waals surface area contributed by atoms with Crippen LogP contribution in [0.25, 0.3) is 0 Å². The van der Waals surface area contributed by atoms with Crippen molar-refractivity contribution in [3.05, 3.63) is 18.0 Å². The summed E-state index contributed by atoms with van der Waals surface area (Å²) in [7, 11) is 0. The minimum absolute atomic E-state index is 0.669. The average molecular weight is 245 g/mol. The molecule has 0 N–H and O–H groups in total. The van der Waals surface area contributed by atoms with Crippen LogP contribution in [0.1, 0.15) is 26.0 Å². The molecule has 0 saturated heterocycles. The van der Waals surface area contributed by atoms with Gasteiger partial charge in [-0.3, -0.25) is 4.68 Å². The molecule has 1 aromatic rings. The maximum absolute atomic E-state index is 4.31. The third kappa shape index (κ3) is 3.51. The van der Waals surface area contributed by atoms with Gasteiger partial charge < -0.3 is 0 Å². The summed E-state index contributed by atoms with van der Waals surface area (Å²) in [5.41, 5.74) is 1.35. The molecular formula is C10H17BrN2. The highest BCUT2D eigenvalue weighted by Gasteiger charge is 2.03.